The molecular weight excluding hydrogens is 215 g/mol. The first-order valence-electron chi connectivity index (χ1n) is 4.35. The van der Waals surface area contributed by atoms with Gasteiger partial charge in [-0.25, -0.2) is 4.39 Å². The standard InChI is InChI=1S/C11H5FO4/c12-6-3-1-2-5(4-6)7-8(13)10(15)11(16)9(7)14/h1-4,13H. The number of halogens is 1. The van der Waals surface area contributed by atoms with Crippen LogP contribution in [0, 0.1) is 5.82 Å². The van der Waals surface area contributed by atoms with E-state index in [0.717, 1.165) is 12.1 Å². The molecule has 0 aliphatic carbocycles. The summed E-state index contributed by atoms with van der Waals surface area (Å²) in [6.45, 7) is 0. The van der Waals surface area contributed by atoms with Crippen LogP contribution in [0.3, 0.4) is 0 Å². The van der Waals surface area contributed by atoms with Crippen molar-refractivity contribution in [3.05, 3.63) is 60.8 Å². The maximum absolute atomic E-state index is 12.9. The molecule has 2 aromatic rings. The van der Waals surface area contributed by atoms with Gasteiger partial charge in [-0.3, -0.25) is 14.4 Å². The van der Waals surface area contributed by atoms with Crippen molar-refractivity contribution in [1.29, 1.82) is 0 Å². The molecule has 0 bridgehead atoms. The van der Waals surface area contributed by atoms with Crippen molar-refractivity contribution < 1.29 is 9.50 Å². The van der Waals surface area contributed by atoms with Crippen molar-refractivity contribution in [2.24, 2.45) is 0 Å². The molecule has 0 unspecified atom stereocenters. The van der Waals surface area contributed by atoms with Crippen LogP contribution in [-0.4, -0.2) is 5.11 Å². The van der Waals surface area contributed by atoms with Gasteiger partial charge in [0.05, 0.1) is 5.56 Å². The highest BCUT2D eigenvalue weighted by Gasteiger charge is 2.20. The van der Waals surface area contributed by atoms with Crippen LogP contribution in [0.15, 0.2) is 38.6 Å². The average Bonchev–Trinajstić information content (AvgIpc) is 2.44. The van der Waals surface area contributed by atoms with E-state index < -0.39 is 33.4 Å². The fourth-order valence-corrected chi connectivity index (χ4v) is 1.46. The molecular formula is C11H5FO4. The highest BCUT2D eigenvalue weighted by Crippen LogP contribution is 2.22. The van der Waals surface area contributed by atoms with Crippen molar-refractivity contribution in [3.8, 4) is 16.9 Å². The Hall–Kier alpha value is -2.30. The summed E-state index contributed by atoms with van der Waals surface area (Å²) in [6, 6.07) is 4.75. The van der Waals surface area contributed by atoms with Gasteiger partial charge in [0.2, 0.25) is 5.43 Å². The van der Waals surface area contributed by atoms with Gasteiger partial charge in [-0.05, 0) is 17.7 Å². The lowest BCUT2D eigenvalue weighted by Crippen LogP contribution is -2.29. The number of hydrogen-bond donors (Lipinski definition) is 1. The molecule has 0 saturated heterocycles. The number of benzene rings is 1. The van der Waals surface area contributed by atoms with E-state index in [2.05, 4.69) is 0 Å². The van der Waals surface area contributed by atoms with Crippen LogP contribution in [0.25, 0.3) is 11.1 Å². The van der Waals surface area contributed by atoms with E-state index in [1.807, 2.05) is 0 Å². The third kappa shape index (κ3) is 1.33. The Morgan fingerprint density at radius 3 is 2.19 bits per heavy atom. The predicted molar refractivity (Wildman–Crippen MR) is 54.7 cm³/mol. The van der Waals surface area contributed by atoms with Gasteiger partial charge >= 0.3 is 0 Å². The van der Waals surface area contributed by atoms with E-state index >= 15 is 0 Å². The molecule has 80 valence electrons. The van der Waals surface area contributed by atoms with Crippen molar-refractivity contribution in [2.45, 2.75) is 0 Å². The fraction of sp³-hybridized carbons (Fsp3) is 0. The molecule has 5 heteroatoms. The molecule has 4 nitrogen and oxygen atoms in total. The minimum Gasteiger partial charge on any atom is -0.503 e. The Balaban J connectivity index is 2.85. The van der Waals surface area contributed by atoms with E-state index in [4.69, 9.17) is 0 Å². The number of hydrogen-bond acceptors (Lipinski definition) is 4. The van der Waals surface area contributed by atoms with E-state index in [-0.39, 0.29) is 5.56 Å². The van der Waals surface area contributed by atoms with Gasteiger partial charge in [0.15, 0.2) is 5.75 Å². The number of rotatable bonds is 1. The van der Waals surface area contributed by atoms with Crippen LogP contribution in [0.1, 0.15) is 0 Å². The Kier molecular flexibility index (Phi) is 2.16. The molecule has 1 N–H and O–H groups in total. The third-order valence-corrected chi connectivity index (χ3v) is 2.20. The first-order chi connectivity index (χ1) is 7.52. The second kappa shape index (κ2) is 3.37. The first-order valence-corrected chi connectivity index (χ1v) is 4.35. The Morgan fingerprint density at radius 2 is 1.69 bits per heavy atom. The van der Waals surface area contributed by atoms with Gasteiger partial charge in [0.1, 0.15) is 5.82 Å². The first kappa shape index (κ1) is 10.2. The van der Waals surface area contributed by atoms with E-state index in [0.29, 0.717) is 0 Å². The zero-order valence-electron chi connectivity index (χ0n) is 7.86. The minimum atomic E-state index is -1.29. The molecule has 0 radical (unpaired) electrons. The van der Waals surface area contributed by atoms with Gasteiger partial charge in [-0.1, -0.05) is 12.1 Å². The molecule has 2 aromatic carbocycles. The summed E-state index contributed by atoms with van der Waals surface area (Å²) in [4.78, 5) is 33.3. The Morgan fingerprint density at radius 1 is 1.00 bits per heavy atom. The van der Waals surface area contributed by atoms with Crippen LogP contribution in [-0.2, 0) is 0 Å². The monoisotopic (exact) mass is 220 g/mol. The molecule has 0 aromatic heterocycles. The average molecular weight is 220 g/mol. The molecule has 0 heterocycles. The number of aromatic hydroxyl groups is 1. The molecule has 0 aliphatic heterocycles. The second-order valence-corrected chi connectivity index (χ2v) is 3.22. The van der Waals surface area contributed by atoms with Gasteiger partial charge in [0, 0.05) is 0 Å². The molecule has 0 amide bonds. The van der Waals surface area contributed by atoms with E-state index in [9.17, 15) is 23.9 Å². The lowest BCUT2D eigenvalue weighted by molar-refractivity contribution is 0.474. The molecule has 0 fully saturated rings. The Labute approximate surface area is 87.9 Å². The molecule has 0 aliphatic rings. The molecule has 0 atom stereocenters. The lowest BCUT2D eigenvalue weighted by Gasteiger charge is -1.97. The summed E-state index contributed by atoms with van der Waals surface area (Å²) in [7, 11) is 0. The van der Waals surface area contributed by atoms with Crippen molar-refractivity contribution in [1.82, 2.24) is 0 Å². The molecule has 0 spiro atoms. The van der Waals surface area contributed by atoms with Crippen molar-refractivity contribution in [2.75, 3.05) is 0 Å². The van der Waals surface area contributed by atoms with Crippen LogP contribution < -0.4 is 16.3 Å². The van der Waals surface area contributed by atoms with Crippen LogP contribution >= 0.6 is 0 Å². The third-order valence-electron chi connectivity index (χ3n) is 2.20. The maximum atomic E-state index is 12.9. The zero-order chi connectivity index (χ0) is 11.9. The second-order valence-electron chi connectivity index (χ2n) is 3.22. The van der Waals surface area contributed by atoms with Crippen LogP contribution in [0.5, 0.6) is 5.75 Å². The summed E-state index contributed by atoms with van der Waals surface area (Å²) in [6.07, 6.45) is 0. The smallest absolute Gasteiger partial charge is 0.277 e. The molecule has 2 rings (SSSR count). The van der Waals surface area contributed by atoms with E-state index in [1.54, 1.807) is 0 Å². The quantitative estimate of drug-likeness (QED) is 0.694. The zero-order valence-corrected chi connectivity index (χ0v) is 7.86. The fourth-order valence-electron chi connectivity index (χ4n) is 1.46. The highest BCUT2D eigenvalue weighted by molar-refractivity contribution is 5.70. The van der Waals surface area contributed by atoms with Crippen molar-refractivity contribution in [3.63, 3.8) is 0 Å². The molecule has 16 heavy (non-hydrogen) atoms. The van der Waals surface area contributed by atoms with Crippen LogP contribution in [0.2, 0.25) is 0 Å². The summed E-state index contributed by atoms with van der Waals surface area (Å²) in [5.41, 5.74) is -4.06. The van der Waals surface area contributed by atoms with Gasteiger partial charge in [-0.15, -0.1) is 0 Å². The van der Waals surface area contributed by atoms with Gasteiger partial charge < -0.3 is 5.11 Å². The summed E-state index contributed by atoms with van der Waals surface area (Å²) < 4.78 is 12.9. The topological polar surface area (TPSA) is 71.4 Å². The minimum absolute atomic E-state index is 0.0155. The lowest BCUT2D eigenvalue weighted by atomic mass is 10.1. The predicted octanol–water partition coefficient (Wildman–Crippen LogP) is 0.154. The highest BCUT2D eigenvalue weighted by atomic mass is 19.1. The normalized spacial score (nSPS) is 10.6. The SMILES string of the molecule is O=c1c(O)c(-c2cccc(F)c2)c(=O)c1=O. The van der Waals surface area contributed by atoms with E-state index in [1.165, 1.54) is 12.1 Å². The van der Waals surface area contributed by atoms with Gasteiger partial charge in [-0.2, -0.15) is 0 Å². The summed E-state index contributed by atoms with van der Waals surface area (Å²) in [5.74, 6) is -1.54. The summed E-state index contributed by atoms with van der Waals surface area (Å²) in [5, 5.41) is 9.31. The van der Waals surface area contributed by atoms with Crippen LogP contribution in [0.4, 0.5) is 4.39 Å². The largest absolute Gasteiger partial charge is 0.503 e. The van der Waals surface area contributed by atoms with Crippen molar-refractivity contribution >= 4 is 0 Å². The maximum Gasteiger partial charge on any atom is 0.277 e. The summed E-state index contributed by atoms with van der Waals surface area (Å²) >= 11 is 0. The Bertz CT molecular complexity index is 696. The molecule has 0 saturated carbocycles. The van der Waals surface area contributed by atoms with Gasteiger partial charge in [0.25, 0.3) is 10.9 Å².